The summed E-state index contributed by atoms with van der Waals surface area (Å²) in [6.45, 7) is 2.90. The van der Waals surface area contributed by atoms with Gasteiger partial charge in [0, 0.05) is 6.61 Å². The molecule has 1 aliphatic rings. The lowest BCUT2D eigenvalue weighted by atomic mass is 9.96. The molecular formula is C11H22O2. The molecule has 13 heavy (non-hydrogen) atoms. The van der Waals surface area contributed by atoms with Crippen LogP contribution in [0.5, 0.6) is 0 Å². The Bertz CT molecular complexity index is 123. The van der Waals surface area contributed by atoms with Crippen LogP contribution in [-0.4, -0.2) is 23.9 Å². The summed E-state index contributed by atoms with van der Waals surface area (Å²) < 4.78 is 5.63. The van der Waals surface area contributed by atoms with Gasteiger partial charge >= 0.3 is 0 Å². The zero-order valence-electron chi connectivity index (χ0n) is 8.67. The molecule has 1 rings (SSSR count). The van der Waals surface area contributed by atoms with Crippen molar-refractivity contribution in [2.75, 3.05) is 6.61 Å². The normalized spacial score (nSPS) is 30.9. The Labute approximate surface area is 81.3 Å². The molecule has 0 radical (unpaired) electrons. The highest BCUT2D eigenvalue weighted by Crippen LogP contribution is 2.20. The molecule has 0 saturated heterocycles. The third kappa shape index (κ3) is 4.10. The number of hydrogen-bond acceptors (Lipinski definition) is 2. The molecule has 0 heterocycles. The average Bonchev–Trinajstić information content (AvgIpc) is 2.11. The highest BCUT2D eigenvalue weighted by molar-refractivity contribution is 4.72. The molecule has 78 valence electrons. The van der Waals surface area contributed by atoms with E-state index in [9.17, 15) is 5.11 Å². The van der Waals surface area contributed by atoms with E-state index in [4.69, 9.17) is 4.74 Å². The smallest absolute Gasteiger partial charge is 0.0833 e. The summed E-state index contributed by atoms with van der Waals surface area (Å²) in [5.74, 6) is 0. The number of aliphatic hydroxyl groups excluding tert-OH is 1. The minimum Gasteiger partial charge on any atom is -0.390 e. The van der Waals surface area contributed by atoms with Gasteiger partial charge in [0.1, 0.15) is 0 Å². The van der Waals surface area contributed by atoms with E-state index < -0.39 is 0 Å². The molecule has 0 aliphatic heterocycles. The van der Waals surface area contributed by atoms with Gasteiger partial charge in [-0.1, -0.05) is 32.6 Å². The molecule has 1 saturated carbocycles. The van der Waals surface area contributed by atoms with Crippen LogP contribution in [-0.2, 0) is 4.74 Å². The quantitative estimate of drug-likeness (QED) is 0.733. The largest absolute Gasteiger partial charge is 0.390 e. The molecule has 0 aromatic carbocycles. The zero-order valence-corrected chi connectivity index (χ0v) is 8.67. The summed E-state index contributed by atoms with van der Waals surface area (Å²) in [6, 6.07) is 0. The number of rotatable bonds is 3. The maximum Gasteiger partial charge on any atom is 0.0833 e. The first kappa shape index (κ1) is 11.0. The van der Waals surface area contributed by atoms with Gasteiger partial charge in [-0.15, -0.1) is 0 Å². The van der Waals surface area contributed by atoms with Gasteiger partial charge in [0.15, 0.2) is 0 Å². The fraction of sp³-hybridized carbons (Fsp3) is 1.00. The molecule has 1 N–H and O–H groups in total. The molecule has 1 aliphatic carbocycles. The van der Waals surface area contributed by atoms with Crippen LogP contribution >= 0.6 is 0 Å². The van der Waals surface area contributed by atoms with Crippen molar-refractivity contribution in [3.8, 4) is 0 Å². The standard InChI is InChI=1S/C11H22O2/c1-2-9-13-11-8-6-4-3-5-7-10(11)12/h10-12H,2-9H2,1H3. The lowest BCUT2D eigenvalue weighted by molar-refractivity contribution is -0.0490. The summed E-state index contributed by atoms with van der Waals surface area (Å²) in [5, 5.41) is 9.78. The van der Waals surface area contributed by atoms with Crippen molar-refractivity contribution < 1.29 is 9.84 Å². The van der Waals surface area contributed by atoms with Crippen LogP contribution in [0.2, 0.25) is 0 Å². The van der Waals surface area contributed by atoms with E-state index in [1.54, 1.807) is 0 Å². The molecule has 1 fully saturated rings. The Hall–Kier alpha value is -0.0800. The molecule has 0 bridgehead atoms. The van der Waals surface area contributed by atoms with E-state index >= 15 is 0 Å². The van der Waals surface area contributed by atoms with E-state index in [2.05, 4.69) is 6.92 Å². The second kappa shape index (κ2) is 6.39. The monoisotopic (exact) mass is 186 g/mol. The van der Waals surface area contributed by atoms with Gasteiger partial charge in [0.05, 0.1) is 12.2 Å². The van der Waals surface area contributed by atoms with Crippen molar-refractivity contribution >= 4 is 0 Å². The minimum atomic E-state index is -0.216. The van der Waals surface area contributed by atoms with Gasteiger partial charge in [-0.25, -0.2) is 0 Å². The van der Waals surface area contributed by atoms with Gasteiger partial charge in [-0.2, -0.15) is 0 Å². The fourth-order valence-corrected chi connectivity index (χ4v) is 1.89. The van der Waals surface area contributed by atoms with E-state index in [0.29, 0.717) is 0 Å². The molecule has 0 spiro atoms. The van der Waals surface area contributed by atoms with Gasteiger partial charge < -0.3 is 9.84 Å². The van der Waals surface area contributed by atoms with Crippen molar-refractivity contribution in [3.63, 3.8) is 0 Å². The second-order valence-corrected chi connectivity index (χ2v) is 3.97. The molecule has 2 atom stereocenters. The number of ether oxygens (including phenoxy) is 1. The van der Waals surface area contributed by atoms with Crippen LogP contribution in [0.15, 0.2) is 0 Å². The van der Waals surface area contributed by atoms with Crippen LogP contribution in [0.1, 0.15) is 51.9 Å². The molecular weight excluding hydrogens is 164 g/mol. The van der Waals surface area contributed by atoms with Gasteiger partial charge in [-0.05, 0) is 19.3 Å². The lowest BCUT2D eigenvalue weighted by Crippen LogP contribution is -2.30. The van der Waals surface area contributed by atoms with Crippen LogP contribution in [0.4, 0.5) is 0 Å². The van der Waals surface area contributed by atoms with Crippen LogP contribution in [0.3, 0.4) is 0 Å². The van der Waals surface area contributed by atoms with Crippen LogP contribution in [0.25, 0.3) is 0 Å². The highest BCUT2D eigenvalue weighted by atomic mass is 16.5. The Morgan fingerprint density at radius 3 is 2.54 bits per heavy atom. The maximum atomic E-state index is 9.78. The number of aliphatic hydroxyl groups is 1. The van der Waals surface area contributed by atoms with Crippen molar-refractivity contribution in [2.45, 2.75) is 64.1 Å². The number of hydrogen-bond donors (Lipinski definition) is 1. The molecule has 0 amide bonds. The first-order valence-corrected chi connectivity index (χ1v) is 5.64. The van der Waals surface area contributed by atoms with Gasteiger partial charge in [-0.3, -0.25) is 0 Å². The van der Waals surface area contributed by atoms with Crippen molar-refractivity contribution in [2.24, 2.45) is 0 Å². The van der Waals surface area contributed by atoms with E-state index in [1.807, 2.05) is 0 Å². The lowest BCUT2D eigenvalue weighted by Gasteiger charge is -2.25. The van der Waals surface area contributed by atoms with Crippen molar-refractivity contribution in [1.82, 2.24) is 0 Å². The zero-order chi connectivity index (χ0) is 9.52. The third-order valence-electron chi connectivity index (χ3n) is 2.70. The Balaban J connectivity index is 2.28. The summed E-state index contributed by atoms with van der Waals surface area (Å²) >= 11 is 0. The molecule has 0 aromatic rings. The highest BCUT2D eigenvalue weighted by Gasteiger charge is 2.20. The van der Waals surface area contributed by atoms with Crippen LogP contribution in [0, 0.1) is 0 Å². The summed E-state index contributed by atoms with van der Waals surface area (Å²) in [7, 11) is 0. The summed E-state index contributed by atoms with van der Waals surface area (Å²) in [4.78, 5) is 0. The van der Waals surface area contributed by atoms with Gasteiger partial charge in [0.2, 0.25) is 0 Å². The molecule has 2 nitrogen and oxygen atoms in total. The summed E-state index contributed by atoms with van der Waals surface area (Å²) in [6.07, 6.45) is 7.86. The second-order valence-electron chi connectivity index (χ2n) is 3.97. The van der Waals surface area contributed by atoms with Gasteiger partial charge in [0.25, 0.3) is 0 Å². The van der Waals surface area contributed by atoms with E-state index in [-0.39, 0.29) is 12.2 Å². The minimum absolute atomic E-state index is 0.111. The first-order valence-electron chi connectivity index (χ1n) is 5.64. The Morgan fingerprint density at radius 2 is 1.85 bits per heavy atom. The van der Waals surface area contributed by atoms with Crippen molar-refractivity contribution in [3.05, 3.63) is 0 Å². The topological polar surface area (TPSA) is 29.5 Å². The average molecular weight is 186 g/mol. The SMILES string of the molecule is CCCOC1CCCCCCC1O. The third-order valence-corrected chi connectivity index (χ3v) is 2.70. The van der Waals surface area contributed by atoms with Crippen molar-refractivity contribution in [1.29, 1.82) is 0 Å². The maximum absolute atomic E-state index is 9.78. The predicted octanol–water partition coefficient (Wildman–Crippen LogP) is 2.50. The molecule has 2 heteroatoms. The van der Waals surface area contributed by atoms with E-state index in [0.717, 1.165) is 32.3 Å². The predicted molar refractivity (Wildman–Crippen MR) is 53.7 cm³/mol. The molecule has 0 aromatic heterocycles. The fourth-order valence-electron chi connectivity index (χ4n) is 1.89. The Morgan fingerprint density at radius 1 is 1.15 bits per heavy atom. The molecule has 2 unspecified atom stereocenters. The Kier molecular flexibility index (Phi) is 5.40. The first-order chi connectivity index (χ1) is 6.34. The summed E-state index contributed by atoms with van der Waals surface area (Å²) in [5.41, 5.74) is 0. The van der Waals surface area contributed by atoms with E-state index in [1.165, 1.54) is 19.3 Å². The van der Waals surface area contributed by atoms with Crippen LogP contribution < -0.4 is 0 Å².